The molecule has 4 fully saturated rings. The van der Waals surface area contributed by atoms with Gasteiger partial charge >= 0.3 is 0 Å². The summed E-state index contributed by atoms with van der Waals surface area (Å²) in [5.74, 6) is 2.88. The van der Waals surface area contributed by atoms with Gasteiger partial charge in [-0.1, -0.05) is 13.8 Å². The zero-order valence-corrected chi connectivity index (χ0v) is 23.2. The molecule has 2 aliphatic heterocycles. The maximum absolute atomic E-state index is 14.5. The maximum Gasteiger partial charge on any atom is 0.282 e. The number of nitrogens with zero attached hydrogens (tertiary/aromatic N) is 7. The van der Waals surface area contributed by atoms with E-state index >= 15 is 0 Å². The third-order valence-electron chi connectivity index (χ3n) is 9.33. The molecule has 9 nitrogen and oxygen atoms in total. The first-order valence-electron chi connectivity index (χ1n) is 14.6. The molecule has 10 heteroatoms. The summed E-state index contributed by atoms with van der Waals surface area (Å²) >= 11 is 0. The fourth-order valence-corrected chi connectivity index (χ4v) is 7.33. The number of hydrogen-bond donors (Lipinski definition) is 1. The van der Waals surface area contributed by atoms with E-state index in [0.29, 0.717) is 46.9 Å². The molecule has 3 aromatic rings. The van der Waals surface area contributed by atoms with Gasteiger partial charge in [0.1, 0.15) is 24.2 Å². The maximum atomic E-state index is 14.5. The van der Waals surface area contributed by atoms with Gasteiger partial charge in [0.15, 0.2) is 5.82 Å². The van der Waals surface area contributed by atoms with Crippen LogP contribution in [0.25, 0.3) is 11.1 Å². The summed E-state index contributed by atoms with van der Waals surface area (Å²) in [5.41, 5.74) is 8.72. The highest BCUT2D eigenvalue weighted by atomic mass is 19.1. The van der Waals surface area contributed by atoms with E-state index in [-0.39, 0.29) is 11.2 Å². The lowest BCUT2D eigenvalue weighted by Crippen LogP contribution is -2.65. The van der Waals surface area contributed by atoms with Crippen molar-refractivity contribution < 1.29 is 9.13 Å². The fourth-order valence-electron chi connectivity index (χ4n) is 7.33. The number of hydrogen-bond acceptors (Lipinski definition) is 9. The lowest BCUT2D eigenvalue weighted by Gasteiger charge is -2.56. The molecule has 1 spiro atoms. The molecule has 4 aliphatic rings. The van der Waals surface area contributed by atoms with Crippen molar-refractivity contribution in [3.8, 4) is 22.8 Å². The third-order valence-corrected chi connectivity index (χ3v) is 9.33. The van der Waals surface area contributed by atoms with Crippen molar-refractivity contribution in [1.29, 1.82) is 0 Å². The molecule has 0 radical (unpaired) electrons. The number of likely N-dealkylation sites (tertiary alicyclic amines) is 1. The molecular weight excluding hydrogens is 507 g/mol. The molecule has 7 rings (SSSR count). The highest BCUT2D eigenvalue weighted by Gasteiger charge is 2.52. The summed E-state index contributed by atoms with van der Waals surface area (Å²) in [4.78, 5) is 18.3. The van der Waals surface area contributed by atoms with E-state index in [9.17, 15) is 4.39 Å². The van der Waals surface area contributed by atoms with Gasteiger partial charge in [-0.05, 0) is 62.1 Å². The van der Waals surface area contributed by atoms with Crippen molar-refractivity contribution in [2.75, 3.05) is 31.1 Å². The molecule has 2 saturated carbocycles. The lowest BCUT2D eigenvalue weighted by molar-refractivity contribution is -0.0667. The van der Waals surface area contributed by atoms with Crippen LogP contribution in [0.15, 0.2) is 37.1 Å². The second-order valence-electron chi connectivity index (χ2n) is 12.7. The molecule has 1 aromatic carbocycles. The van der Waals surface area contributed by atoms with Crippen LogP contribution in [-0.4, -0.2) is 68.3 Å². The normalized spacial score (nSPS) is 24.7. The Morgan fingerprint density at radius 1 is 1.07 bits per heavy atom. The summed E-state index contributed by atoms with van der Waals surface area (Å²) in [6.07, 6.45) is 10.3. The Bertz CT molecular complexity index is 1390. The standard InChI is InChI=1S/C30H37FN8O/c1-18(2)27(20-9-22(32)10-20)39-14-30(15-39)7-8-38(13-30)28-29(37-36-17-35-28)40-25-6-5-21(31)11-23(25)24-12-33-16-34-26(24)19-3-4-19/h5-6,11-12,16-20,22,27H,3-4,7-10,13-15,32H2,1-2H3. The van der Waals surface area contributed by atoms with Gasteiger partial charge in [0.25, 0.3) is 5.88 Å². The second-order valence-corrected chi connectivity index (χ2v) is 12.7. The molecule has 2 N–H and O–H groups in total. The minimum atomic E-state index is -0.343. The van der Waals surface area contributed by atoms with Crippen LogP contribution in [-0.2, 0) is 0 Å². The van der Waals surface area contributed by atoms with Crippen LogP contribution in [0.1, 0.15) is 57.6 Å². The minimum Gasteiger partial charge on any atom is -0.434 e. The van der Waals surface area contributed by atoms with Gasteiger partial charge in [0.05, 0.1) is 5.69 Å². The molecule has 4 heterocycles. The smallest absolute Gasteiger partial charge is 0.282 e. The van der Waals surface area contributed by atoms with Crippen molar-refractivity contribution in [3.05, 3.63) is 48.6 Å². The number of aromatic nitrogens is 5. The average molecular weight is 545 g/mol. The summed E-state index contributed by atoms with van der Waals surface area (Å²) < 4.78 is 20.8. The van der Waals surface area contributed by atoms with E-state index in [2.05, 4.69) is 48.8 Å². The number of ether oxygens (including phenoxy) is 1. The molecule has 2 saturated heterocycles. The number of benzene rings is 1. The molecule has 2 aliphatic carbocycles. The van der Waals surface area contributed by atoms with Crippen molar-refractivity contribution >= 4 is 5.82 Å². The molecule has 1 atom stereocenters. The van der Waals surface area contributed by atoms with E-state index in [1.165, 1.54) is 18.5 Å². The summed E-state index contributed by atoms with van der Waals surface area (Å²) in [6.45, 7) is 8.69. The van der Waals surface area contributed by atoms with Gasteiger partial charge in [0.2, 0.25) is 0 Å². The van der Waals surface area contributed by atoms with Crippen LogP contribution in [0.4, 0.5) is 10.2 Å². The van der Waals surface area contributed by atoms with Gasteiger partial charge in [-0.15, -0.1) is 10.2 Å². The second kappa shape index (κ2) is 9.99. The highest BCUT2D eigenvalue weighted by molar-refractivity contribution is 5.73. The van der Waals surface area contributed by atoms with E-state index in [1.807, 2.05) is 0 Å². The first-order valence-corrected chi connectivity index (χ1v) is 14.6. The van der Waals surface area contributed by atoms with Crippen molar-refractivity contribution in [3.63, 3.8) is 0 Å². The Morgan fingerprint density at radius 2 is 1.90 bits per heavy atom. The van der Waals surface area contributed by atoms with Gasteiger partial charge in [-0.3, -0.25) is 4.90 Å². The third kappa shape index (κ3) is 4.71. The Hall–Kier alpha value is -3.24. The molecule has 0 bridgehead atoms. The molecule has 2 aromatic heterocycles. The Balaban J connectivity index is 1.10. The predicted molar refractivity (Wildman–Crippen MR) is 149 cm³/mol. The minimum absolute atomic E-state index is 0.253. The first kappa shape index (κ1) is 25.7. The van der Waals surface area contributed by atoms with Crippen LogP contribution in [0.2, 0.25) is 0 Å². The first-order chi connectivity index (χ1) is 19.4. The monoisotopic (exact) mass is 544 g/mol. The van der Waals surface area contributed by atoms with E-state index < -0.39 is 0 Å². The molecule has 1 unspecified atom stereocenters. The molecule has 40 heavy (non-hydrogen) atoms. The van der Waals surface area contributed by atoms with Crippen LogP contribution in [0.5, 0.6) is 11.6 Å². The molecule has 210 valence electrons. The van der Waals surface area contributed by atoms with E-state index in [0.717, 1.165) is 75.5 Å². The average Bonchev–Trinajstić information content (AvgIpc) is 3.67. The van der Waals surface area contributed by atoms with Crippen molar-refractivity contribution in [2.45, 2.75) is 64.0 Å². The number of anilines is 1. The lowest BCUT2D eigenvalue weighted by atomic mass is 9.68. The number of halogens is 1. The van der Waals surface area contributed by atoms with Crippen LogP contribution < -0.4 is 15.4 Å². The Labute approximate surface area is 234 Å². The van der Waals surface area contributed by atoms with Crippen LogP contribution in [0.3, 0.4) is 0 Å². The zero-order chi connectivity index (χ0) is 27.4. The summed E-state index contributed by atoms with van der Waals surface area (Å²) in [5, 5.41) is 8.35. The number of nitrogens with two attached hydrogens (primary N) is 1. The van der Waals surface area contributed by atoms with Crippen molar-refractivity contribution in [1.82, 2.24) is 30.0 Å². The number of rotatable bonds is 8. The highest BCUT2D eigenvalue weighted by Crippen LogP contribution is 2.48. The largest absolute Gasteiger partial charge is 0.434 e. The molecular formula is C30H37FN8O. The zero-order valence-electron chi connectivity index (χ0n) is 23.2. The van der Waals surface area contributed by atoms with Gasteiger partial charge in [0, 0.05) is 66.9 Å². The van der Waals surface area contributed by atoms with E-state index in [1.54, 1.807) is 18.6 Å². The van der Waals surface area contributed by atoms with Gasteiger partial charge in [-0.2, -0.15) is 0 Å². The van der Waals surface area contributed by atoms with E-state index in [4.69, 9.17) is 10.5 Å². The van der Waals surface area contributed by atoms with Crippen LogP contribution in [0, 0.1) is 23.1 Å². The fraction of sp³-hybridized carbons (Fsp3) is 0.567. The summed E-state index contributed by atoms with van der Waals surface area (Å²) in [6, 6.07) is 5.51. The van der Waals surface area contributed by atoms with Gasteiger partial charge in [-0.25, -0.2) is 19.3 Å². The summed E-state index contributed by atoms with van der Waals surface area (Å²) in [7, 11) is 0. The topological polar surface area (TPSA) is 106 Å². The predicted octanol–water partition coefficient (Wildman–Crippen LogP) is 4.41. The van der Waals surface area contributed by atoms with Crippen LogP contribution >= 0.6 is 0 Å². The molecule has 0 amide bonds. The van der Waals surface area contributed by atoms with Crippen molar-refractivity contribution in [2.24, 2.45) is 23.0 Å². The quantitative estimate of drug-likeness (QED) is 0.441. The SMILES string of the molecule is CC(C)C(C1CC(N)C1)N1CC2(CCN(c3ncnnc3Oc3ccc(F)cc3-c3cncnc3C3CC3)C2)C1. The Kier molecular flexibility index (Phi) is 6.42. The Morgan fingerprint density at radius 3 is 2.65 bits per heavy atom. The van der Waals surface area contributed by atoms with Gasteiger partial charge < -0.3 is 15.4 Å².